The van der Waals surface area contributed by atoms with E-state index in [1.165, 1.54) is 44.1 Å². The highest BCUT2D eigenvalue weighted by Crippen LogP contribution is 2.60. The summed E-state index contributed by atoms with van der Waals surface area (Å²) in [6.07, 6.45) is 8.68. The summed E-state index contributed by atoms with van der Waals surface area (Å²) in [6.45, 7) is 1.65. The number of carbonyl (C=O) groups is 1. The molecule has 1 nitrogen and oxygen atoms in total. The number of hydrogen-bond donors (Lipinski definition) is 0. The summed E-state index contributed by atoms with van der Waals surface area (Å²) in [5.41, 5.74) is 2.83. The van der Waals surface area contributed by atoms with Gasteiger partial charge in [-0.3, -0.25) is 4.79 Å². The molecule has 1 heteroatoms. The zero-order chi connectivity index (χ0) is 13.0. The van der Waals surface area contributed by atoms with E-state index in [1.807, 2.05) is 12.1 Å². The van der Waals surface area contributed by atoms with E-state index in [-0.39, 0.29) is 5.78 Å². The molecule has 0 unspecified atom stereocenters. The van der Waals surface area contributed by atoms with Crippen molar-refractivity contribution in [3.8, 4) is 0 Å². The van der Waals surface area contributed by atoms with E-state index in [9.17, 15) is 4.79 Å². The molecule has 0 amide bonds. The first kappa shape index (κ1) is 11.7. The summed E-state index contributed by atoms with van der Waals surface area (Å²) >= 11 is 0. The molecule has 4 fully saturated rings. The maximum Gasteiger partial charge on any atom is 0.159 e. The summed E-state index contributed by atoms with van der Waals surface area (Å²) in [7, 11) is 0. The van der Waals surface area contributed by atoms with Crippen molar-refractivity contribution in [2.75, 3.05) is 0 Å². The van der Waals surface area contributed by atoms with Crippen LogP contribution in [-0.4, -0.2) is 5.78 Å². The molecule has 1 aromatic carbocycles. The van der Waals surface area contributed by atoms with Crippen molar-refractivity contribution in [3.05, 3.63) is 35.4 Å². The second-order valence-electron chi connectivity index (χ2n) is 7.33. The number of rotatable bonds is 2. The third-order valence-corrected chi connectivity index (χ3v) is 5.94. The summed E-state index contributed by atoms with van der Waals surface area (Å²) < 4.78 is 0. The quantitative estimate of drug-likeness (QED) is 0.717. The molecule has 0 atom stereocenters. The first-order valence-corrected chi connectivity index (χ1v) is 7.76. The largest absolute Gasteiger partial charge is 0.295 e. The van der Waals surface area contributed by atoms with Gasteiger partial charge in [-0.2, -0.15) is 0 Å². The van der Waals surface area contributed by atoms with Gasteiger partial charge in [-0.1, -0.05) is 24.3 Å². The van der Waals surface area contributed by atoms with E-state index in [2.05, 4.69) is 12.1 Å². The van der Waals surface area contributed by atoms with E-state index in [4.69, 9.17) is 0 Å². The Kier molecular flexibility index (Phi) is 2.43. The molecule has 100 valence electrons. The average Bonchev–Trinajstić information content (AvgIpc) is 2.37. The molecule has 4 saturated carbocycles. The number of hydrogen-bond acceptors (Lipinski definition) is 1. The van der Waals surface area contributed by atoms with Gasteiger partial charge in [0.25, 0.3) is 0 Å². The first-order chi connectivity index (χ1) is 9.14. The summed E-state index contributed by atoms with van der Waals surface area (Å²) in [5, 5.41) is 0. The van der Waals surface area contributed by atoms with Gasteiger partial charge in [0.1, 0.15) is 0 Å². The second-order valence-corrected chi connectivity index (χ2v) is 7.33. The maximum atomic E-state index is 11.4. The molecule has 1 aromatic rings. The van der Waals surface area contributed by atoms with E-state index in [0.717, 1.165) is 23.3 Å². The monoisotopic (exact) mass is 254 g/mol. The number of carbonyl (C=O) groups excluding carboxylic acids is 1. The van der Waals surface area contributed by atoms with Gasteiger partial charge >= 0.3 is 0 Å². The van der Waals surface area contributed by atoms with E-state index in [0.29, 0.717) is 5.41 Å². The summed E-state index contributed by atoms with van der Waals surface area (Å²) in [6, 6.07) is 8.56. The third kappa shape index (κ3) is 1.78. The lowest BCUT2D eigenvalue weighted by Gasteiger charge is -2.57. The fourth-order valence-electron chi connectivity index (χ4n) is 5.52. The van der Waals surface area contributed by atoms with Crippen molar-refractivity contribution in [2.45, 2.75) is 50.9 Å². The van der Waals surface area contributed by atoms with Crippen LogP contribution in [0.15, 0.2) is 24.3 Å². The highest BCUT2D eigenvalue weighted by atomic mass is 16.1. The minimum absolute atomic E-state index is 0.178. The second kappa shape index (κ2) is 3.94. The summed E-state index contributed by atoms with van der Waals surface area (Å²) in [4.78, 5) is 11.4. The lowest BCUT2D eigenvalue weighted by atomic mass is 9.48. The molecule has 0 heterocycles. The van der Waals surface area contributed by atoms with Gasteiger partial charge in [-0.15, -0.1) is 0 Å². The fourth-order valence-corrected chi connectivity index (χ4v) is 5.52. The molecular weight excluding hydrogens is 232 g/mol. The molecule has 0 radical (unpaired) electrons. The molecule has 0 saturated heterocycles. The third-order valence-electron chi connectivity index (χ3n) is 5.94. The first-order valence-electron chi connectivity index (χ1n) is 7.76. The minimum atomic E-state index is 0.178. The van der Waals surface area contributed by atoms with Crippen LogP contribution in [0.5, 0.6) is 0 Å². The van der Waals surface area contributed by atoms with Crippen LogP contribution in [0.2, 0.25) is 0 Å². The zero-order valence-corrected chi connectivity index (χ0v) is 11.7. The predicted molar refractivity (Wildman–Crippen MR) is 76.3 cm³/mol. The molecule has 4 bridgehead atoms. The van der Waals surface area contributed by atoms with Crippen LogP contribution in [0.25, 0.3) is 0 Å². The Morgan fingerprint density at radius 2 is 1.42 bits per heavy atom. The predicted octanol–water partition coefficient (Wildman–Crippen LogP) is 4.36. The SMILES string of the molecule is CC(=O)c1ccc(C23CC4CC(CC(C4)C2)C3)cc1. The number of benzene rings is 1. The highest BCUT2D eigenvalue weighted by molar-refractivity contribution is 5.94. The van der Waals surface area contributed by atoms with Crippen molar-refractivity contribution in [1.29, 1.82) is 0 Å². The molecular formula is C18H22O. The van der Waals surface area contributed by atoms with E-state index < -0.39 is 0 Å². The van der Waals surface area contributed by atoms with Crippen LogP contribution in [0.3, 0.4) is 0 Å². The lowest BCUT2D eigenvalue weighted by Crippen LogP contribution is -2.48. The number of ketones is 1. The van der Waals surface area contributed by atoms with Crippen LogP contribution in [0.1, 0.15) is 61.4 Å². The lowest BCUT2D eigenvalue weighted by molar-refractivity contribution is -0.00519. The molecule has 0 aliphatic heterocycles. The van der Waals surface area contributed by atoms with Crippen LogP contribution < -0.4 is 0 Å². The van der Waals surface area contributed by atoms with E-state index >= 15 is 0 Å². The number of Topliss-reactive ketones (excluding diaryl/α,β-unsaturated/α-hetero) is 1. The van der Waals surface area contributed by atoms with E-state index in [1.54, 1.807) is 6.92 Å². The standard InChI is InChI=1S/C18H22O/c1-12(19)16-2-4-17(5-3-16)18-9-13-6-14(10-18)8-15(7-13)11-18/h2-5,13-15H,6-11H2,1H3. The normalized spacial score (nSPS) is 39.5. The van der Waals surface area contributed by atoms with Crippen LogP contribution in [-0.2, 0) is 5.41 Å². The van der Waals surface area contributed by atoms with Gasteiger partial charge in [-0.05, 0) is 74.2 Å². The Balaban J connectivity index is 1.69. The molecule has 5 rings (SSSR count). The zero-order valence-electron chi connectivity index (χ0n) is 11.7. The van der Waals surface area contributed by atoms with Gasteiger partial charge in [0.05, 0.1) is 0 Å². The van der Waals surface area contributed by atoms with Crippen molar-refractivity contribution in [1.82, 2.24) is 0 Å². The van der Waals surface area contributed by atoms with Crippen LogP contribution >= 0.6 is 0 Å². The minimum Gasteiger partial charge on any atom is -0.295 e. The van der Waals surface area contributed by atoms with Crippen LogP contribution in [0.4, 0.5) is 0 Å². The molecule has 19 heavy (non-hydrogen) atoms. The topological polar surface area (TPSA) is 17.1 Å². The highest BCUT2D eigenvalue weighted by Gasteiger charge is 2.51. The van der Waals surface area contributed by atoms with Crippen molar-refractivity contribution in [3.63, 3.8) is 0 Å². The van der Waals surface area contributed by atoms with Gasteiger partial charge in [-0.25, -0.2) is 0 Å². The van der Waals surface area contributed by atoms with Gasteiger partial charge in [0, 0.05) is 5.56 Å². The fraction of sp³-hybridized carbons (Fsp3) is 0.611. The molecule has 4 aliphatic rings. The smallest absolute Gasteiger partial charge is 0.159 e. The van der Waals surface area contributed by atoms with Crippen molar-refractivity contribution < 1.29 is 4.79 Å². The molecule has 0 aromatic heterocycles. The Hall–Kier alpha value is -1.11. The van der Waals surface area contributed by atoms with Gasteiger partial charge < -0.3 is 0 Å². The molecule has 4 aliphatic carbocycles. The van der Waals surface area contributed by atoms with Gasteiger partial charge in [0.15, 0.2) is 5.78 Å². The Morgan fingerprint density at radius 3 is 1.84 bits per heavy atom. The van der Waals surface area contributed by atoms with Crippen LogP contribution in [0, 0.1) is 17.8 Å². The Bertz CT molecular complexity index is 476. The molecule has 0 N–H and O–H groups in total. The summed E-state index contributed by atoms with van der Waals surface area (Å²) in [5.74, 6) is 3.13. The van der Waals surface area contributed by atoms with Crippen molar-refractivity contribution >= 4 is 5.78 Å². The van der Waals surface area contributed by atoms with Gasteiger partial charge in [0.2, 0.25) is 0 Å². The Morgan fingerprint density at radius 1 is 0.947 bits per heavy atom. The molecule has 0 spiro atoms. The average molecular weight is 254 g/mol. The maximum absolute atomic E-state index is 11.4. The Labute approximate surface area is 115 Å². The van der Waals surface area contributed by atoms with Crippen molar-refractivity contribution in [2.24, 2.45) is 17.8 Å².